The number of amides is 1. The molecule has 128 valence electrons. The van der Waals surface area contributed by atoms with Crippen molar-refractivity contribution in [2.75, 3.05) is 32.5 Å². The third-order valence-corrected chi connectivity index (χ3v) is 3.61. The molecule has 1 amide bonds. The Kier molecular flexibility index (Phi) is 6.26. The lowest BCUT2D eigenvalue weighted by molar-refractivity contribution is 0.0951. The predicted molar refractivity (Wildman–Crippen MR) is 96.7 cm³/mol. The molecule has 0 radical (unpaired) electrons. The van der Waals surface area contributed by atoms with Crippen LogP contribution in [-0.4, -0.2) is 48.0 Å². The van der Waals surface area contributed by atoms with E-state index < -0.39 is 0 Å². The molecule has 0 bridgehead atoms. The van der Waals surface area contributed by atoms with Crippen molar-refractivity contribution in [3.8, 4) is 0 Å². The Labute approximate surface area is 143 Å². The fourth-order valence-corrected chi connectivity index (χ4v) is 2.28. The third kappa shape index (κ3) is 5.31. The van der Waals surface area contributed by atoms with Crippen molar-refractivity contribution in [2.45, 2.75) is 20.3 Å². The number of aromatic nitrogens is 2. The average Bonchev–Trinajstić information content (AvgIpc) is 2.54. The molecule has 24 heavy (non-hydrogen) atoms. The lowest BCUT2D eigenvalue weighted by Gasteiger charge is -2.10. The van der Waals surface area contributed by atoms with Gasteiger partial charge in [-0.25, -0.2) is 9.97 Å². The third-order valence-electron chi connectivity index (χ3n) is 3.61. The molecule has 0 unspecified atom stereocenters. The van der Waals surface area contributed by atoms with Crippen molar-refractivity contribution < 1.29 is 4.79 Å². The second-order valence-corrected chi connectivity index (χ2v) is 6.15. The van der Waals surface area contributed by atoms with Crippen LogP contribution in [0.5, 0.6) is 0 Å². The largest absolute Gasteiger partial charge is 0.352 e. The Morgan fingerprint density at radius 1 is 1.17 bits per heavy atom. The standard InChI is InChI=1S/C18H25N5O/c1-13-6-7-16(14(2)10-13)22-18-20-11-15(12-21-18)17(24)19-8-5-9-23(3)4/h6-7,10-12H,5,8-9H2,1-4H3,(H,19,24)(H,20,21,22). The van der Waals surface area contributed by atoms with Crippen molar-refractivity contribution in [1.29, 1.82) is 0 Å². The predicted octanol–water partition coefficient (Wildman–Crippen LogP) is 2.52. The molecular weight excluding hydrogens is 302 g/mol. The molecule has 1 aromatic heterocycles. The molecule has 2 aromatic rings. The SMILES string of the molecule is Cc1ccc(Nc2ncc(C(=O)NCCCN(C)C)cn2)c(C)c1. The number of rotatable bonds is 7. The minimum Gasteiger partial charge on any atom is -0.352 e. The molecule has 6 heteroatoms. The Hall–Kier alpha value is -2.47. The van der Waals surface area contributed by atoms with Crippen LogP contribution in [0.4, 0.5) is 11.6 Å². The van der Waals surface area contributed by atoms with Gasteiger partial charge >= 0.3 is 0 Å². The van der Waals surface area contributed by atoms with Gasteiger partial charge in [0, 0.05) is 24.6 Å². The van der Waals surface area contributed by atoms with Gasteiger partial charge in [-0.1, -0.05) is 17.7 Å². The number of hydrogen-bond acceptors (Lipinski definition) is 5. The van der Waals surface area contributed by atoms with E-state index in [1.165, 1.54) is 5.56 Å². The summed E-state index contributed by atoms with van der Waals surface area (Å²) in [6.07, 6.45) is 3.99. The van der Waals surface area contributed by atoms with E-state index in [2.05, 4.69) is 38.5 Å². The second kappa shape index (κ2) is 8.40. The molecule has 0 saturated heterocycles. The summed E-state index contributed by atoms with van der Waals surface area (Å²) in [6.45, 7) is 5.67. The number of hydrogen-bond donors (Lipinski definition) is 2. The van der Waals surface area contributed by atoms with Gasteiger partial charge < -0.3 is 15.5 Å². The van der Waals surface area contributed by atoms with Crippen LogP contribution in [0.25, 0.3) is 0 Å². The maximum Gasteiger partial charge on any atom is 0.254 e. The summed E-state index contributed by atoms with van der Waals surface area (Å²) in [6, 6.07) is 6.13. The Bertz CT molecular complexity index is 682. The number of aryl methyl sites for hydroxylation is 2. The first-order chi connectivity index (χ1) is 11.5. The fraction of sp³-hybridized carbons (Fsp3) is 0.389. The Balaban J connectivity index is 1.91. The molecule has 0 spiro atoms. The van der Waals surface area contributed by atoms with Crippen LogP contribution in [0.15, 0.2) is 30.6 Å². The molecular formula is C18H25N5O. The molecule has 2 rings (SSSR count). The highest BCUT2D eigenvalue weighted by molar-refractivity contribution is 5.93. The van der Waals surface area contributed by atoms with E-state index >= 15 is 0 Å². The monoisotopic (exact) mass is 327 g/mol. The summed E-state index contributed by atoms with van der Waals surface area (Å²) in [5, 5.41) is 6.04. The normalized spacial score (nSPS) is 10.7. The lowest BCUT2D eigenvalue weighted by atomic mass is 10.1. The highest BCUT2D eigenvalue weighted by Gasteiger charge is 2.07. The van der Waals surface area contributed by atoms with Gasteiger partial charge in [-0.2, -0.15) is 0 Å². The Morgan fingerprint density at radius 3 is 2.50 bits per heavy atom. The van der Waals surface area contributed by atoms with Gasteiger partial charge in [-0.05, 0) is 52.5 Å². The second-order valence-electron chi connectivity index (χ2n) is 6.15. The highest BCUT2D eigenvalue weighted by Crippen LogP contribution is 2.19. The first-order valence-corrected chi connectivity index (χ1v) is 8.05. The van der Waals surface area contributed by atoms with E-state index in [1.807, 2.05) is 33.2 Å². The Morgan fingerprint density at radius 2 is 1.88 bits per heavy atom. The maximum absolute atomic E-state index is 12.0. The topological polar surface area (TPSA) is 70.2 Å². The molecule has 0 aliphatic heterocycles. The van der Waals surface area contributed by atoms with Crippen molar-refractivity contribution in [3.05, 3.63) is 47.3 Å². The number of nitrogens with one attached hydrogen (secondary N) is 2. The van der Waals surface area contributed by atoms with Crippen LogP contribution in [-0.2, 0) is 0 Å². The van der Waals surface area contributed by atoms with Gasteiger partial charge in [-0.3, -0.25) is 4.79 Å². The summed E-state index contributed by atoms with van der Waals surface area (Å²) in [4.78, 5) is 22.6. The molecule has 0 atom stereocenters. The summed E-state index contributed by atoms with van der Waals surface area (Å²) < 4.78 is 0. The molecule has 0 aliphatic carbocycles. The zero-order chi connectivity index (χ0) is 17.5. The number of nitrogens with zero attached hydrogens (tertiary/aromatic N) is 3. The smallest absolute Gasteiger partial charge is 0.254 e. The summed E-state index contributed by atoms with van der Waals surface area (Å²) in [5.41, 5.74) is 3.76. The van der Waals surface area contributed by atoms with Crippen molar-refractivity contribution in [2.24, 2.45) is 0 Å². The molecule has 1 aromatic carbocycles. The maximum atomic E-state index is 12.0. The van der Waals surface area contributed by atoms with E-state index in [9.17, 15) is 4.79 Å². The van der Waals surface area contributed by atoms with Gasteiger partial charge in [0.15, 0.2) is 0 Å². The van der Waals surface area contributed by atoms with Crippen molar-refractivity contribution in [1.82, 2.24) is 20.2 Å². The van der Waals surface area contributed by atoms with Crippen LogP contribution in [0.1, 0.15) is 27.9 Å². The first-order valence-electron chi connectivity index (χ1n) is 8.05. The number of carbonyl (C=O) groups excluding carboxylic acids is 1. The van der Waals surface area contributed by atoms with Crippen LogP contribution in [0.3, 0.4) is 0 Å². The van der Waals surface area contributed by atoms with Gasteiger partial charge in [0.2, 0.25) is 5.95 Å². The van der Waals surface area contributed by atoms with Crippen LogP contribution in [0.2, 0.25) is 0 Å². The minimum absolute atomic E-state index is 0.146. The van der Waals surface area contributed by atoms with E-state index in [-0.39, 0.29) is 5.91 Å². The zero-order valence-electron chi connectivity index (χ0n) is 14.8. The average molecular weight is 327 g/mol. The highest BCUT2D eigenvalue weighted by atomic mass is 16.1. The number of carbonyl (C=O) groups is 1. The first kappa shape index (κ1) is 17.9. The van der Waals surface area contributed by atoms with E-state index in [4.69, 9.17) is 0 Å². The lowest BCUT2D eigenvalue weighted by Crippen LogP contribution is -2.27. The fourth-order valence-electron chi connectivity index (χ4n) is 2.28. The van der Waals surface area contributed by atoms with Crippen LogP contribution >= 0.6 is 0 Å². The molecule has 2 N–H and O–H groups in total. The van der Waals surface area contributed by atoms with Crippen molar-refractivity contribution >= 4 is 17.5 Å². The quantitative estimate of drug-likeness (QED) is 0.765. The minimum atomic E-state index is -0.146. The molecule has 0 saturated carbocycles. The molecule has 0 aliphatic rings. The van der Waals surface area contributed by atoms with Crippen LogP contribution in [0, 0.1) is 13.8 Å². The number of benzene rings is 1. The zero-order valence-corrected chi connectivity index (χ0v) is 14.8. The van der Waals surface area contributed by atoms with E-state index in [0.717, 1.165) is 24.2 Å². The van der Waals surface area contributed by atoms with Gasteiger partial charge in [0.05, 0.1) is 5.56 Å². The summed E-state index contributed by atoms with van der Waals surface area (Å²) in [7, 11) is 4.02. The number of anilines is 2. The van der Waals surface area contributed by atoms with Gasteiger partial charge in [0.1, 0.15) is 0 Å². The van der Waals surface area contributed by atoms with E-state index in [0.29, 0.717) is 18.1 Å². The molecule has 6 nitrogen and oxygen atoms in total. The van der Waals surface area contributed by atoms with Gasteiger partial charge in [-0.15, -0.1) is 0 Å². The molecule has 0 fully saturated rings. The molecule has 1 heterocycles. The van der Waals surface area contributed by atoms with E-state index in [1.54, 1.807) is 12.4 Å². The van der Waals surface area contributed by atoms with Crippen molar-refractivity contribution in [3.63, 3.8) is 0 Å². The summed E-state index contributed by atoms with van der Waals surface area (Å²) >= 11 is 0. The summed E-state index contributed by atoms with van der Waals surface area (Å²) in [5.74, 6) is 0.331. The van der Waals surface area contributed by atoms with Gasteiger partial charge in [0.25, 0.3) is 5.91 Å². The van der Waals surface area contributed by atoms with Crippen LogP contribution < -0.4 is 10.6 Å².